The molecular formula is C13H5Cl2F5. The Hall–Kier alpha value is -1.33. The third kappa shape index (κ3) is 2.36. The van der Waals surface area contributed by atoms with E-state index in [4.69, 9.17) is 23.2 Å². The molecule has 0 bridgehead atoms. The number of alkyl halides is 1. The number of hydrogen-bond donors (Lipinski definition) is 0. The summed E-state index contributed by atoms with van der Waals surface area (Å²) in [6.45, 7) is 0. The van der Waals surface area contributed by atoms with Crippen LogP contribution in [-0.2, 0) is 5.88 Å². The Morgan fingerprint density at radius 3 is 1.80 bits per heavy atom. The summed E-state index contributed by atoms with van der Waals surface area (Å²) < 4.78 is 66.5. The van der Waals surface area contributed by atoms with Crippen molar-refractivity contribution in [3.63, 3.8) is 0 Å². The zero-order chi connectivity index (χ0) is 15.0. The molecule has 0 aliphatic heterocycles. The Bertz CT molecular complexity index is 656. The van der Waals surface area contributed by atoms with Crippen molar-refractivity contribution in [1.82, 2.24) is 0 Å². The van der Waals surface area contributed by atoms with Gasteiger partial charge in [-0.25, -0.2) is 22.0 Å². The molecule has 20 heavy (non-hydrogen) atoms. The summed E-state index contributed by atoms with van der Waals surface area (Å²) >= 11 is 11.3. The summed E-state index contributed by atoms with van der Waals surface area (Å²) in [4.78, 5) is 0. The fourth-order valence-corrected chi connectivity index (χ4v) is 2.16. The van der Waals surface area contributed by atoms with Crippen molar-refractivity contribution < 1.29 is 22.0 Å². The number of rotatable bonds is 2. The van der Waals surface area contributed by atoms with Gasteiger partial charge in [0.15, 0.2) is 23.3 Å². The predicted octanol–water partition coefficient (Wildman–Crippen LogP) is 5.44. The van der Waals surface area contributed by atoms with Crippen LogP contribution in [0.25, 0.3) is 11.1 Å². The van der Waals surface area contributed by atoms with Crippen molar-refractivity contribution >= 4 is 23.2 Å². The minimum atomic E-state index is -2.20. The van der Waals surface area contributed by atoms with Gasteiger partial charge in [0.2, 0.25) is 5.82 Å². The second-order valence-electron chi connectivity index (χ2n) is 3.88. The van der Waals surface area contributed by atoms with Gasteiger partial charge in [-0.15, -0.1) is 11.6 Å². The van der Waals surface area contributed by atoms with Crippen molar-refractivity contribution in [3.05, 3.63) is 57.9 Å². The smallest absolute Gasteiger partial charge is 0.200 e. The Morgan fingerprint density at radius 1 is 0.800 bits per heavy atom. The molecule has 0 saturated carbocycles. The van der Waals surface area contributed by atoms with Crippen LogP contribution in [0.4, 0.5) is 22.0 Å². The van der Waals surface area contributed by atoms with Gasteiger partial charge in [0, 0.05) is 10.9 Å². The summed E-state index contributed by atoms with van der Waals surface area (Å²) in [5, 5.41) is 0.229. The molecular weight excluding hydrogens is 322 g/mol. The van der Waals surface area contributed by atoms with Crippen LogP contribution in [0.15, 0.2) is 18.2 Å². The van der Waals surface area contributed by atoms with Gasteiger partial charge in [-0.05, 0) is 23.3 Å². The Morgan fingerprint density at radius 2 is 1.30 bits per heavy atom. The van der Waals surface area contributed by atoms with E-state index in [1.165, 1.54) is 12.1 Å². The molecule has 0 spiro atoms. The molecule has 106 valence electrons. The van der Waals surface area contributed by atoms with Gasteiger partial charge < -0.3 is 0 Å². The lowest BCUT2D eigenvalue weighted by atomic mass is 10.0. The predicted molar refractivity (Wildman–Crippen MR) is 66.2 cm³/mol. The lowest BCUT2D eigenvalue weighted by Gasteiger charge is -2.10. The molecule has 0 heterocycles. The molecule has 2 rings (SSSR count). The first-order chi connectivity index (χ1) is 9.38. The summed E-state index contributed by atoms with van der Waals surface area (Å²) in [5.41, 5.74) is -0.892. The van der Waals surface area contributed by atoms with E-state index in [2.05, 4.69) is 0 Å². The zero-order valence-electron chi connectivity index (χ0n) is 9.58. The zero-order valence-corrected chi connectivity index (χ0v) is 11.1. The fourth-order valence-electron chi connectivity index (χ4n) is 1.69. The van der Waals surface area contributed by atoms with Gasteiger partial charge in [0.05, 0.1) is 5.56 Å². The average Bonchev–Trinajstić information content (AvgIpc) is 2.45. The molecule has 0 unspecified atom stereocenters. The standard InChI is InChI=1S/C13H5Cl2F5/c14-4-6-3-5(1-2-7(6)15)8-9(16)11(18)13(20)12(19)10(8)17/h1-3H,4H2. The maximum atomic E-state index is 13.6. The molecule has 7 heteroatoms. The monoisotopic (exact) mass is 326 g/mol. The average molecular weight is 327 g/mol. The quantitative estimate of drug-likeness (QED) is 0.298. The third-order valence-electron chi connectivity index (χ3n) is 2.69. The third-order valence-corrected chi connectivity index (χ3v) is 3.34. The van der Waals surface area contributed by atoms with Crippen molar-refractivity contribution in [3.8, 4) is 11.1 Å². The molecule has 0 aliphatic carbocycles. The SMILES string of the molecule is Fc1c(F)c(F)c(-c2ccc(Cl)c(CCl)c2)c(F)c1F. The van der Waals surface area contributed by atoms with Crippen LogP contribution >= 0.6 is 23.2 Å². The molecule has 0 fully saturated rings. The van der Waals surface area contributed by atoms with E-state index in [0.29, 0.717) is 5.56 Å². The highest BCUT2D eigenvalue weighted by atomic mass is 35.5. The van der Waals surface area contributed by atoms with E-state index in [1.807, 2.05) is 0 Å². The fraction of sp³-hybridized carbons (Fsp3) is 0.0769. The highest BCUT2D eigenvalue weighted by Crippen LogP contribution is 2.33. The number of halogens is 7. The minimum absolute atomic E-state index is 0.0674. The molecule has 0 nitrogen and oxygen atoms in total. The largest absolute Gasteiger partial charge is 0.203 e. The molecule has 0 saturated heterocycles. The van der Waals surface area contributed by atoms with Crippen LogP contribution in [0.2, 0.25) is 5.02 Å². The van der Waals surface area contributed by atoms with E-state index in [1.54, 1.807) is 0 Å². The minimum Gasteiger partial charge on any atom is -0.203 e. The maximum absolute atomic E-state index is 13.6. The van der Waals surface area contributed by atoms with E-state index in [0.717, 1.165) is 6.07 Å². The van der Waals surface area contributed by atoms with Gasteiger partial charge in [-0.3, -0.25) is 0 Å². The van der Waals surface area contributed by atoms with Crippen LogP contribution in [-0.4, -0.2) is 0 Å². The first-order valence-corrected chi connectivity index (χ1v) is 6.16. The van der Waals surface area contributed by atoms with Crippen LogP contribution < -0.4 is 0 Å². The molecule has 0 aliphatic rings. The van der Waals surface area contributed by atoms with E-state index < -0.39 is 34.6 Å². The summed E-state index contributed by atoms with van der Waals surface area (Å²) in [6, 6.07) is 3.59. The van der Waals surface area contributed by atoms with Crippen molar-refractivity contribution in [2.75, 3.05) is 0 Å². The Labute approximate surface area is 120 Å². The second kappa shape index (κ2) is 5.58. The normalized spacial score (nSPS) is 10.9. The first kappa shape index (κ1) is 15.1. The van der Waals surface area contributed by atoms with Gasteiger partial charge in [0.1, 0.15) is 0 Å². The molecule has 0 amide bonds. The molecule has 0 N–H and O–H groups in total. The van der Waals surface area contributed by atoms with Gasteiger partial charge >= 0.3 is 0 Å². The van der Waals surface area contributed by atoms with Crippen LogP contribution in [0.1, 0.15) is 5.56 Å². The van der Waals surface area contributed by atoms with Crippen LogP contribution in [0.5, 0.6) is 0 Å². The lowest BCUT2D eigenvalue weighted by Crippen LogP contribution is -2.04. The second-order valence-corrected chi connectivity index (χ2v) is 4.56. The lowest BCUT2D eigenvalue weighted by molar-refractivity contribution is 0.381. The molecule has 2 aromatic rings. The Balaban J connectivity index is 2.76. The van der Waals surface area contributed by atoms with Crippen molar-refractivity contribution in [2.45, 2.75) is 5.88 Å². The maximum Gasteiger partial charge on any atom is 0.200 e. The molecule has 0 aromatic heterocycles. The van der Waals surface area contributed by atoms with Crippen LogP contribution in [0.3, 0.4) is 0 Å². The van der Waals surface area contributed by atoms with E-state index in [-0.39, 0.29) is 16.5 Å². The van der Waals surface area contributed by atoms with Crippen molar-refractivity contribution in [1.29, 1.82) is 0 Å². The number of benzene rings is 2. The summed E-state index contributed by atoms with van der Waals surface area (Å²) in [6.07, 6.45) is 0. The van der Waals surface area contributed by atoms with Crippen molar-refractivity contribution in [2.24, 2.45) is 0 Å². The summed E-state index contributed by atoms with van der Waals surface area (Å²) in [7, 11) is 0. The van der Waals surface area contributed by atoms with Crippen LogP contribution in [0, 0.1) is 29.1 Å². The summed E-state index contributed by atoms with van der Waals surface area (Å²) in [5.74, 6) is -10.1. The highest BCUT2D eigenvalue weighted by Gasteiger charge is 2.26. The molecule has 0 atom stereocenters. The van der Waals surface area contributed by atoms with E-state index in [9.17, 15) is 22.0 Å². The highest BCUT2D eigenvalue weighted by molar-refractivity contribution is 6.32. The topological polar surface area (TPSA) is 0 Å². The van der Waals surface area contributed by atoms with Gasteiger partial charge in [-0.2, -0.15) is 0 Å². The molecule has 0 radical (unpaired) electrons. The first-order valence-electron chi connectivity index (χ1n) is 5.24. The van der Waals surface area contributed by atoms with Gasteiger partial charge in [0.25, 0.3) is 0 Å². The van der Waals surface area contributed by atoms with Gasteiger partial charge in [-0.1, -0.05) is 17.7 Å². The van der Waals surface area contributed by atoms with E-state index >= 15 is 0 Å². The molecule has 2 aromatic carbocycles. The number of hydrogen-bond acceptors (Lipinski definition) is 0. The Kier molecular flexibility index (Phi) is 4.20.